The van der Waals surface area contributed by atoms with Gasteiger partial charge in [0, 0.05) is 31.9 Å². The van der Waals surface area contributed by atoms with E-state index in [1.54, 1.807) is 0 Å². The first-order valence-corrected chi connectivity index (χ1v) is 11.1. The molecule has 166 valence electrons. The van der Waals surface area contributed by atoms with Gasteiger partial charge in [-0.2, -0.15) is 0 Å². The monoisotopic (exact) mass is 516 g/mol. The van der Waals surface area contributed by atoms with E-state index in [1.807, 2.05) is 6.20 Å². The van der Waals surface area contributed by atoms with Crippen molar-refractivity contribution in [2.75, 3.05) is 44.2 Å². The SMILES string of the molecule is CCNC(=NCc1ccnc(N2CCCC2)c1)NC(C)CCCN(CC)CC.I. The molecule has 6 nitrogen and oxygen atoms in total. The van der Waals surface area contributed by atoms with Crippen LogP contribution in [0.25, 0.3) is 0 Å². The molecule has 0 aromatic carbocycles. The largest absolute Gasteiger partial charge is 0.357 e. The van der Waals surface area contributed by atoms with E-state index in [9.17, 15) is 0 Å². The van der Waals surface area contributed by atoms with Crippen molar-refractivity contribution in [1.29, 1.82) is 0 Å². The van der Waals surface area contributed by atoms with Crippen LogP contribution in [0.2, 0.25) is 0 Å². The Kier molecular flexibility index (Phi) is 13.3. The lowest BCUT2D eigenvalue weighted by Gasteiger charge is -2.21. The molecule has 29 heavy (non-hydrogen) atoms. The van der Waals surface area contributed by atoms with Crippen molar-refractivity contribution in [3.8, 4) is 0 Å². The van der Waals surface area contributed by atoms with Gasteiger partial charge in [-0.25, -0.2) is 9.98 Å². The Labute approximate surface area is 195 Å². The highest BCUT2D eigenvalue weighted by atomic mass is 127. The third-order valence-electron chi connectivity index (χ3n) is 5.39. The molecule has 0 spiro atoms. The van der Waals surface area contributed by atoms with Crippen molar-refractivity contribution in [2.45, 2.75) is 66.0 Å². The zero-order valence-electron chi connectivity index (χ0n) is 18.8. The van der Waals surface area contributed by atoms with Crippen LogP contribution in [0.1, 0.15) is 58.9 Å². The number of aromatic nitrogens is 1. The second-order valence-corrected chi connectivity index (χ2v) is 7.63. The maximum Gasteiger partial charge on any atom is 0.191 e. The smallest absolute Gasteiger partial charge is 0.191 e. The lowest BCUT2D eigenvalue weighted by Crippen LogP contribution is -2.42. The van der Waals surface area contributed by atoms with Crippen LogP contribution in [0, 0.1) is 0 Å². The summed E-state index contributed by atoms with van der Waals surface area (Å²) in [6.07, 6.45) is 6.80. The number of nitrogens with zero attached hydrogens (tertiary/aromatic N) is 4. The Balaban J connectivity index is 0.00000420. The van der Waals surface area contributed by atoms with Crippen LogP contribution in [0.3, 0.4) is 0 Å². The molecule has 2 heterocycles. The Bertz CT molecular complexity index is 584. The number of guanidine groups is 1. The highest BCUT2D eigenvalue weighted by Gasteiger charge is 2.13. The van der Waals surface area contributed by atoms with Gasteiger partial charge in [0.25, 0.3) is 0 Å². The van der Waals surface area contributed by atoms with Gasteiger partial charge in [0.2, 0.25) is 0 Å². The molecular formula is C22H41IN6. The maximum atomic E-state index is 4.80. The molecule has 0 aliphatic carbocycles. The topological polar surface area (TPSA) is 55.8 Å². The van der Waals surface area contributed by atoms with Crippen LogP contribution in [-0.2, 0) is 6.54 Å². The Morgan fingerprint density at radius 3 is 2.62 bits per heavy atom. The minimum atomic E-state index is 0. The first-order valence-electron chi connectivity index (χ1n) is 11.1. The van der Waals surface area contributed by atoms with Crippen LogP contribution >= 0.6 is 24.0 Å². The van der Waals surface area contributed by atoms with Gasteiger partial charge < -0.3 is 20.4 Å². The van der Waals surface area contributed by atoms with Crippen molar-refractivity contribution < 1.29 is 0 Å². The lowest BCUT2D eigenvalue weighted by atomic mass is 10.2. The molecule has 0 bridgehead atoms. The predicted octanol–water partition coefficient (Wildman–Crippen LogP) is 3.87. The molecule has 7 heteroatoms. The highest BCUT2D eigenvalue weighted by Crippen LogP contribution is 2.18. The molecule has 2 N–H and O–H groups in total. The van der Waals surface area contributed by atoms with E-state index in [0.29, 0.717) is 12.6 Å². The minimum absolute atomic E-state index is 0. The number of hydrogen-bond acceptors (Lipinski definition) is 4. The second kappa shape index (κ2) is 14.8. The van der Waals surface area contributed by atoms with E-state index in [1.165, 1.54) is 31.4 Å². The van der Waals surface area contributed by atoms with Crippen molar-refractivity contribution in [2.24, 2.45) is 4.99 Å². The summed E-state index contributed by atoms with van der Waals surface area (Å²) in [6.45, 7) is 16.0. The third kappa shape index (κ3) is 9.51. The zero-order chi connectivity index (χ0) is 20.2. The van der Waals surface area contributed by atoms with Crippen molar-refractivity contribution in [3.63, 3.8) is 0 Å². The summed E-state index contributed by atoms with van der Waals surface area (Å²) in [6, 6.07) is 4.66. The molecule has 1 aromatic heterocycles. The molecular weight excluding hydrogens is 475 g/mol. The zero-order valence-corrected chi connectivity index (χ0v) is 21.1. The summed E-state index contributed by atoms with van der Waals surface area (Å²) in [5, 5.41) is 6.94. The Morgan fingerprint density at radius 1 is 1.24 bits per heavy atom. The fourth-order valence-corrected chi connectivity index (χ4v) is 3.63. The van der Waals surface area contributed by atoms with Gasteiger partial charge in [0.15, 0.2) is 5.96 Å². The maximum absolute atomic E-state index is 4.80. The molecule has 0 amide bonds. The first kappa shape index (κ1) is 25.9. The normalized spacial score (nSPS) is 15.3. The number of nitrogens with one attached hydrogen (secondary N) is 2. The van der Waals surface area contributed by atoms with Crippen LogP contribution in [0.5, 0.6) is 0 Å². The van der Waals surface area contributed by atoms with Crippen LogP contribution in [0.4, 0.5) is 5.82 Å². The van der Waals surface area contributed by atoms with E-state index in [-0.39, 0.29) is 24.0 Å². The third-order valence-corrected chi connectivity index (χ3v) is 5.39. The van der Waals surface area contributed by atoms with Crippen molar-refractivity contribution in [1.82, 2.24) is 20.5 Å². The minimum Gasteiger partial charge on any atom is -0.357 e. The molecule has 0 saturated carbocycles. The lowest BCUT2D eigenvalue weighted by molar-refractivity contribution is 0.292. The molecule has 1 aliphatic rings. The number of aliphatic imine (C=N–C) groups is 1. The summed E-state index contributed by atoms with van der Waals surface area (Å²) in [4.78, 5) is 14.2. The summed E-state index contributed by atoms with van der Waals surface area (Å²) in [7, 11) is 0. The molecule has 1 aliphatic heterocycles. The van der Waals surface area contributed by atoms with Gasteiger partial charge in [-0.3, -0.25) is 0 Å². The first-order chi connectivity index (χ1) is 13.7. The molecule has 1 atom stereocenters. The quantitative estimate of drug-likeness (QED) is 0.266. The average Bonchev–Trinajstić information content (AvgIpc) is 3.25. The fraction of sp³-hybridized carbons (Fsp3) is 0.727. The van der Waals surface area contributed by atoms with Crippen LogP contribution in [-0.4, -0.2) is 61.2 Å². The van der Waals surface area contributed by atoms with E-state index >= 15 is 0 Å². The number of pyridine rings is 1. The predicted molar refractivity (Wildman–Crippen MR) is 136 cm³/mol. The molecule has 1 saturated heterocycles. The standard InChI is InChI=1S/C22H40N6.HI/c1-5-23-22(26-19(4)11-10-14-27(6-2)7-3)25-18-20-12-13-24-21(17-20)28-15-8-9-16-28;/h12-13,17,19H,5-11,14-16,18H2,1-4H3,(H2,23,25,26);1H. The highest BCUT2D eigenvalue weighted by molar-refractivity contribution is 14.0. The van der Waals surface area contributed by atoms with Gasteiger partial charge >= 0.3 is 0 Å². The number of rotatable bonds is 11. The summed E-state index contributed by atoms with van der Waals surface area (Å²) >= 11 is 0. The molecule has 1 unspecified atom stereocenters. The molecule has 2 rings (SSSR count). The van der Waals surface area contributed by atoms with Gasteiger partial charge in [-0.15, -0.1) is 24.0 Å². The second-order valence-electron chi connectivity index (χ2n) is 7.63. The van der Waals surface area contributed by atoms with Gasteiger partial charge in [-0.1, -0.05) is 13.8 Å². The van der Waals surface area contributed by atoms with Gasteiger partial charge in [0.1, 0.15) is 5.82 Å². The Morgan fingerprint density at radius 2 is 1.97 bits per heavy atom. The Hall–Kier alpha value is -1.09. The number of halogens is 1. The number of hydrogen-bond donors (Lipinski definition) is 2. The van der Waals surface area contributed by atoms with Crippen LogP contribution in [0.15, 0.2) is 23.3 Å². The van der Waals surface area contributed by atoms with Gasteiger partial charge in [0.05, 0.1) is 6.54 Å². The summed E-state index contributed by atoms with van der Waals surface area (Å²) < 4.78 is 0. The summed E-state index contributed by atoms with van der Waals surface area (Å²) in [5.74, 6) is 1.99. The molecule has 0 radical (unpaired) electrons. The van der Waals surface area contributed by atoms with E-state index in [2.05, 4.69) is 65.2 Å². The average molecular weight is 517 g/mol. The number of anilines is 1. The fourth-order valence-electron chi connectivity index (χ4n) is 3.63. The van der Waals surface area contributed by atoms with E-state index < -0.39 is 0 Å². The van der Waals surface area contributed by atoms with Crippen LogP contribution < -0.4 is 15.5 Å². The molecule has 1 aromatic rings. The summed E-state index contributed by atoms with van der Waals surface area (Å²) in [5.41, 5.74) is 1.21. The molecule has 1 fully saturated rings. The van der Waals surface area contributed by atoms with E-state index in [4.69, 9.17) is 4.99 Å². The van der Waals surface area contributed by atoms with Crippen molar-refractivity contribution in [3.05, 3.63) is 23.9 Å². The van der Waals surface area contributed by atoms with Gasteiger partial charge in [-0.05, 0) is 76.9 Å². The van der Waals surface area contributed by atoms with E-state index in [0.717, 1.165) is 50.9 Å². The van der Waals surface area contributed by atoms with Crippen molar-refractivity contribution >= 4 is 35.8 Å².